The number of fused-ring (bicyclic) bond motifs is 1. The van der Waals surface area contributed by atoms with Gasteiger partial charge in [0, 0.05) is 22.8 Å². The molecule has 1 unspecified atom stereocenters. The van der Waals surface area contributed by atoms with Gasteiger partial charge in [-0.3, -0.25) is 4.79 Å². The van der Waals surface area contributed by atoms with Gasteiger partial charge in [0.1, 0.15) is 17.2 Å². The molecule has 204 valence electrons. The molecule has 3 saturated heterocycles. The minimum atomic E-state index is -1.50. The number of aliphatic hydroxyl groups is 1. The molecule has 3 spiro atoms. The van der Waals surface area contributed by atoms with Crippen molar-refractivity contribution in [1.29, 1.82) is 0 Å². The van der Waals surface area contributed by atoms with E-state index in [4.69, 9.17) is 14.2 Å². The number of rotatable bonds is 2. The molecule has 4 heterocycles. The summed E-state index contributed by atoms with van der Waals surface area (Å²) in [6.45, 7) is 12.6. The van der Waals surface area contributed by atoms with E-state index in [1.54, 1.807) is 0 Å². The fourth-order valence-electron chi connectivity index (χ4n) is 9.94. The highest BCUT2D eigenvalue weighted by Gasteiger charge is 2.89. The van der Waals surface area contributed by atoms with E-state index in [0.29, 0.717) is 12.2 Å². The summed E-state index contributed by atoms with van der Waals surface area (Å²) in [5.74, 6) is -3.11. The molecule has 9 atom stereocenters. The molecule has 39 heavy (non-hydrogen) atoms. The summed E-state index contributed by atoms with van der Waals surface area (Å²) in [5.41, 5.74) is 0.151. The van der Waals surface area contributed by atoms with E-state index in [1.165, 1.54) is 0 Å². The maximum Gasteiger partial charge on any atom is 0.213 e. The predicted octanol–water partition coefficient (Wildman–Crippen LogP) is 4.09. The molecule has 7 aliphatic rings. The number of Topliss-reactive ketones (excluding diaryl/α,β-unsaturated/α-hetero) is 1. The third kappa shape index (κ3) is 2.54. The number of carbonyl (C=O) groups is 1. The lowest BCUT2D eigenvalue weighted by Crippen LogP contribution is -2.87. The van der Waals surface area contributed by atoms with Crippen molar-refractivity contribution in [2.75, 3.05) is 6.61 Å². The first kappa shape index (κ1) is 24.2. The van der Waals surface area contributed by atoms with Crippen LogP contribution in [0.25, 0.3) is 11.3 Å². The lowest BCUT2D eigenvalue weighted by atomic mass is 9.36. The lowest BCUT2D eigenvalue weighted by Gasteiger charge is -2.77. The quantitative estimate of drug-likeness (QED) is 0.463. The van der Waals surface area contributed by atoms with Crippen molar-refractivity contribution in [3.63, 3.8) is 0 Å². The van der Waals surface area contributed by atoms with Crippen molar-refractivity contribution >= 4 is 5.78 Å². The third-order valence-corrected chi connectivity index (χ3v) is 11.0. The zero-order valence-corrected chi connectivity index (χ0v) is 22.8. The van der Waals surface area contributed by atoms with E-state index in [0.717, 1.165) is 24.1 Å². The molecule has 6 fully saturated rings. The molecule has 8 nitrogen and oxygen atoms in total. The Kier molecular flexibility index (Phi) is 4.43. The second kappa shape index (κ2) is 7.16. The van der Waals surface area contributed by atoms with Gasteiger partial charge in [-0.1, -0.05) is 68.1 Å². The smallest absolute Gasteiger partial charge is 0.213 e. The number of ketones is 1. The molecule has 1 aromatic heterocycles. The molecular weight excluding hydrogens is 494 g/mol. The Morgan fingerprint density at radius 2 is 1.90 bits per heavy atom. The molecular formula is C31H35N3O5. The summed E-state index contributed by atoms with van der Waals surface area (Å²) < 4.78 is 22.0. The Hall–Kier alpha value is -2.65. The van der Waals surface area contributed by atoms with Crippen LogP contribution in [0.4, 0.5) is 0 Å². The van der Waals surface area contributed by atoms with Crippen LogP contribution in [0.5, 0.6) is 0 Å². The van der Waals surface area contributed by atoms with Crippen molar-refractivity contribution < 1.29 is 24.1 Å². The summed E-state index contributed by atoms with van der Waals surface area (Å²) in [4.78, 5) is 14.5. The highest BCUT2D eigenvalue weighted by Crippen LogP contribution is 2.80. The Bertz CT molecular complexity index is 1450. The van der Waals surface area contributed by atoms with Crippen LogP contribution in [0.1, 0.15) is 46.6 Å². The zero-order chi connectivity index (χ0) is 27.2. The van der Waals surface area contributed by atoms with Gasteiger partial charge >= 0.3 is 0 Å². The number of hydrogen-bond acceptors (Lipinski definition) is 7. The van der Waals surface area contributed by atoms with E-state index in [2.05, 4.69) is 42.9 Å². The first-order chi connectivity index (χ1) is 18.5. The number of allylic oxidation sites excluding steroid dienone is 2. The third-order valence-electron chi connectivity index (χ3n) is 11.0. The second-order valence-corrected chi connectivity index (χ2v) is 13.6. The fraction of sp³-hybridized carbons (Fsp3) is 0.581. The zero-order valence-electron chi connectivity index (χ0n) is 22.8. The molecule has 3 aliphatic heterocycles. The highest BCUT2D eigenvalue weighted by molar-refractivity contribution is 6.05. The Morgan fingerprint density at radius 1 is 1.13 bits per heavy atom. The summed E-state index contributed by atoms with van der Waals surface area (Å²) in [6.07, 6.45) is 6.45. The van der Waals surface area contributed by atoms with Crippen molar-refractivity contribution in [3.05, 3.63) is 60.8 Å². The Labute approximate surface area is 228 Å². The summed E-state index contributed by atoms with van der Waals surface area (Å²) >= 11 is 0. The first-order valence-corrected chi connectivity index (χ1v) is 14.1. The van der Waals surface area contributed by atoms with Gasteiger partial charge in [-0.2, -0.15) is 0 Å². The van der Waals surface area contributed by atoms with Gasteiger partial charge in [-0.05, 0) is 43.6 Å². The van der Waals surface area contributed by atoms with Gasteiger partial charge in [0.2, 0.25) is 5.79 Å². The number of aliphatic hydroxyl groups excluding tert-OH is 1. The lowest BCUT2D eigenvalue weighted by molar-refractivity contribution is -0.529. The van der Waals surface area contributed by atoms with E-state index in [-0.39, 0.29) is 35.0 Å². The molecule has 0 radical (unpaired) electrons. The van der Waals surface area contributed by atoms with Crippen LogP contribution >= 0.6 is 0 Å². The monoisotopic (exact) mass is 529 g/mol. The maximum absolute atomic E-state index is 14.5. The van der Waals surface area contributed by atoms with E-state index in [1.807, 2.05) is 55.1 Å². The van der Waals surface area contributed by atoms with Crippen LogP contribution in [0.15, 0.2) is 60.8 Å². The van der Waals surface area contributed by atoms with Crippen LogP contribution in [0.2, 0.25) is 0 Å². The number of ether oxygens (including phenoxy) is 3. The largest absolute Gasteiger partial charge is 0.387 e. The standard InChI is InChI=1S/C31H35N3O5/c1-17-19-11-12-21-29-16-37-31(30(21,24(17)35)26(19)38-28(4,5)39-31)25(36)23(29)27(2,3)14-13-22(29)34-15-20(32-33-34)18-9-7-6-8-10-18/h6-10,13-15,19,21-23,25-26,36H,1,11-12,16H2,2-5H3/t19-,21?,22-,23+,25-,26+,29+,30-,31-/m0/s1. The highest BCUT2D eigenvalue weighted by atomic mass is 16.8. The second-order valence-electron chi connectivity index (χ2n) is 13.6. The minimum absolute atomic E-state index is 0.0678. The number of benzene rings is 1. The molecule has 3 saturated carbocycles. The van der Waals surface area contributed by atoms with E-state index < -0.39 is 34.6 Å². The van der Waals surface area contributed by atoms with E-state index >= 15 is 0 Å². The predicted molar refractivity (Wildman–Crippen MR) is 141 cm³/mol. The molecule has 1 aromatic carbocycles. The molecule has 2 aromatic rings. The molecule has 9 rings (SSSR count). The summed E-state index contributed by atoms with van der Waals surface area (Å²) in [7, 11) is 0. The van der Waals surface area contributed by atoms with Crippen LogP contribution in [0, 0.1) is 34.0 Å². The number of hydrogen-bond donors (Lipinski definition) is 1. The molecule has 4 aliphatic carbocycles. The van der Waals surface area contributed by atoms with Crippen LogP contribution in [-0.2, 0) is 19.0 Å². The topological polar surface area (TPSA) is 95.7 Å². The van der Waals surface area contributed by atoms with Gasteiger partial charge in [0.25, 0.3) is 0 Å². The van der Waals surface area contributed by atoms with E-state index in [9.17, 15) is 9.90 Å². The normalized spacial score (nSPS) is 46.2. The van der Waals surface area contributed by atoms with Crippen LogP contribution < -0.4 is 0 Å². The van der Waals surface area contributed by atoms with Crippen LogP contribution in [-0.4, -0.2) is 56.3 Å². The van der Waals surface area contributed by atoms with Gasteiger partial charge in [0.15, 0.2) is 11.6 Å². The van der Waals surface area contributed by atoms with Gasteiger partial charge < -0.3 is 19.3 Å². The molecule has 0 amide bonds. The SMILES string of the molecule is C=C1C(=O)[C@@]23C4CC[C@@H]1[C@H]2OC(C)(C)O[C@]31OC[C@]42[C@@H](n3cc(-c4ccccc4)nn3)C=CC(C)(C)[C@H]2[C@@H]1O. The number of carbonyl (C=O) groups excluding carboxylic acids is 1. The number of aromatic nitrogens is 3. The summed E-state index contributed by atoms with van der Waals surface area (Å²) in [6, 6.07) is 9.71. The van der Waals surface area contributed by atoms with Crippen molar-refractivity contribution in [3.8, 4) is 11.3 Å². The molecule has 4 bridgehead atoms. The minimum Gasteiger partial charge on any atom is -0.387 e. The molecule has 8 heteroatoms. The Balaban J connectivity index is 1.37. The van der Waals surface area contributed by atoms with Gasteiger partial charge in [0.05, 0.1) is 24.9 Å². The average molecular weight is 530 g/mol. The maximum atomic E-state index is 14.5. The fourth-order valence-corrected chi connectivity index (χ4v) is 9.94. The van der Waals surface area contributed by atoms with Gasteiger partial charge in [-0.15, -0.1) is 5.10 Å². The van der Waals surface area contributed by atoms with Gasteiger partial charge in [-0.25, -0.2) is 4.68 Å². The number of nitrogens with zero attached hydrogens (tertiary/aromatic N) is 3. The van der Waals surface area contributed by atoms with Crippen molar-refractivity contribution in [1.82, 2.24) is 15.0 Å². The van der Waals surface area contributed by atoms with Crippen LogP contribution in [0.3, 0.4) is 0 Å². The molecule has 1 N–H and O–H groups in total. The van der Waals surface area contributed by atoms with Crippen molar-refractivity contribution in [2.45, 2.75) is 70.4 Å². The summed E-state index contributed by atoms with van der Waals surface area (Å²) in [5, 5.41) is 21.7. The Morgan fingerprint density at radius 3 is 2.67 bits per heavy atom. The average Bonchev–Trinajstić information content (AvgIpc) is 3.42. The van der Waals surface area contributed by atoms with Crippen molar-refractivity contribution in [2.24, 2.45) is 34.0 Å². The first-order valence-electron chi connectivity index (χ1n) is 14.1.